The van der Waals surface area contributed by atoms with Crippen molar-refractivity contribution in [1.82, 2.24) is 14.8 Å². The largest absolute Gasteiger partial charge is 0.294 e. The standard InChI is InChI=1S/C13H13Br2N3O/c1-8(2)18-13(16-7-17-18)6-12(19)10-4-3-9(14)5-11(10)15/h3-5,7-8H,6H2,1-2H3. The van der Waals surface area contributed by atoms with Crippen LogP contribution in [0.2, 0.25) is 0 Å². The first-order chi connectivity index (χ1) is 8.99. The molecule has 100 valence electrons. The highest BCUT2D eigenvalue weighted by Crippen LogP contribution is 2.23. The Hall–Kier alpha value is -1.01. The Bertz CT molecular complexity index is 608. The number of carbonyl (C=O) groups is 1. The Morgan fingerprint density at radius 1 is 1.37 bits per heavy atom. The Morgan fingerprint density at radius 3 is 2.74 bits per heavy atom. The van der Waals surface area contributed by atoms with Crippen molar-refractivity contribution in [1.29, 1.82) is 0 Å². The van der Waals surface area contributed by atoms with Crippen LogP contribution >= 0.6 is 31.9 Å². The lowest BCUT2D eigenvalue weighted by Crippen LogP contribution is -2.13. The second kappa shape index (κ2) is 5.96. The molecule has 0 radical (unpaired) electrons. The van der Waals surface area contributed by atoms with Crippen LogP contribution in [0.4, 0.5) is 0 Å². The number of hydrogen-bond donors (Lipinski definition) is 0. The molecule has 2 rings (SSSR count). The molecular formula is C13H13Br2N3O. The summed E-state index contributed by atoms with van der Waals surface area (Å²) in [6.45, 7) is 4.02. The maximum Gasteiger partial charge on any atom is 0.171 e. The molecule has 0 N–H and O–H groups in total. The molecule has 6 heteroatoms. The summed E-state index contributed by atoms with van der Waals surface area (Å²) in [6.07, 6.45) is 1.73. The fraction of sp³-hybridized carbons (Fsp3) is 0.308. The van der Waals surface area contributed by atoms with Gasteiger partial charge >= 0.3 is 0 Å². The molecule has 4 nitrogen and oxygen atoms in total. The van der Waals surface area contributed by atoms with Crippen LogP contribution in [0.25, 0.3) is 0 Å². The zero-order chi connectivity index (χ0) is 14.0. The summed E-state index contributed by atoms with van der Waals surface area (Å²) in [6, 6.07) is 5.71. The lowest BCUT2D eigenvalue weighted by molar-refractivity contribution is 0.0988. The van der Waals surface area contributed by atoms with E-state index in [1.165, 1.54) is 6.33 Å². The summed E-state index contributed by atoms with van der Waals surface area (Å²) in [7, 11) is 0. The van der Waals surface area contributed by atoms with E-state index < -0.39 is 0 Å². The molecule has 1 heterocycles. The van der Waals surface area contributed by atoms with E-state index in [1.54, 1.807) is 10.7 Å². The number of halogens is 2. The minimum absolute atomic E-state index is 0.0225. The summed E-state index contributed by atoms with van der Waals surface area (Å²) in [5.41, 5.74) is 0.654. The Morgan fingerprint density at radius 2 is 2.11 bits per heavy atom. The molecule has 0 fully saturated rings. The number of ketones is 1. The molecule has 0 aliphatic heterocycles. The smallest absolute Gasteiger partial charge is 0.171 e. The molecule has 0 aliphatic carbocycles. The van der Waals surface area contributed by atoms with E-state index in [4.69, 9.17) is 0 Å². The Balaban J connectivity index is 2.23. The molecular weight excluding hydrogens is 374 g/mol. The van der Waals surface area contributed by atoms with Gasteiger partial charge in [-0.05, 0) is 32.0 Å². The molecule has 0 bridgehead atoms. The summed E-state index contributed by atoms with van der Waals surface area (Å²) >= 11 is 6.77. The fourth-order valence-electron chi connectivity index (χ4n) is 1.79. The molecule has 0 saturated heterocycles. The number of carbonyl (C=O) groups excluding carboxylic acids is 1. The van der Waals surface area contributed by atoms with Gasteiger partial charge in [0.15, 0.2) is 5.78 Å². The van der Waals surface area contributed by atoms with E-state index in [1.807, 2.05) is 26.0 Å². The molecule has 19 heavy (non-hydrogen) atoms. The molecule has 0 atom stereocenters. The quantitative estimate of drug-likeness (QED) is 0.750. The normalized spacial score (nSPS) is 11.0. The van der Waals surface area contributed by atoms with Crippen molar-refractivity contribution in [3.8, 4) is 0 Å². The molecule has 1 aromatic heterocycles. The summed E-state index contributed by atoms with van der Waals surface area (Å²) in [5.74, 6) is 0.712. The second-order valence-corrected chi connectivity index (χ2v) is 6.21. The van der Waals surface area contributed by atoms with E-state index in [-0.39, 0.29) is 18.2 Å². The molecule has 0 amide bonds. The third-order valence-electron chi connectivity index (χ3n) is 2.69. The maximum atomic E-state index is 12.3. The van der Waals surface area contributed by atoms with E-state index in [0.717, 1.165) is 8.95 Å². The molecule has 2 aromatic rings. The van der Waals surface area contributed by atoms with Gasteiger partial charge < -0.3 is 0 Å². The van der Waals surface area contributed by atoms with Gasteiger partial charge in [-0.2, -0.15) is 5.10 Å². The van der Waals surface area contributed by atoms with Gasteiger partial charge in [0, 0.05) is 20.6 Å². The number of hydrogen-bond acceptors (Lipinski definition) is 3. The summed E-state index contributed by atoms with van der Waals surface area (Å²) in [5, 5.41) is 4.13. The Kier molecular flexibility index (Phi) is 4.52. The molecule has 0 spiro atoms. The van der Waals surface area contributed by atoms with Crippen molar-refractivity contribution in [2.24, 2.45) is 0 Å². The number of aromatic nitrogens is 3. The van der Waals surface area contributed by atoms with Crippen LogP contribution in [0.5, 0.6) is 0 Å². The van der Waals surface area contributed by atoms with Crippen molar-refractivity contribution in [3.63, 3.8) is 0 Å². The predicted molar refractivity (Wildman–Crippen MR) is 80.3 cm³/mol. The minimum atomic E-state index is 0.0225. The monoisotopic (exact) mass is 385 g/mol. The van der Waals surface area contributed by atoms with Gasteiger partial charge in [0.05, 0.1) is 6.42 Å². The van der Waals surface area contributed by atoms with Crippen LogP contribution in [-0.2, 0) is 6.42 Å². The van der Waals surface area contributed by atoms with Crippen LogP contribution < -0.4 is 0 Å². The number of rotatable bonds is 4. The summed E-state index contributed by atoms with van der Waals surface area (Å²) < 4.78 is 3.48. The lowest BCUT2D eigenvalue weighted by Gasteiger charge is -2.09. The highest BCUT2D eigenvalue weighted by Gasteiger charge is 2.16. The number of benzene rings is 1. The molecule has 0 aliphatic rings. The second-order valence-electron chi connectivity index (χ2n) is 4.44. The van der Waals surface area contributed by atoms with Crippen molar-refractivity contribution in [2.45, 2.75) is 26.3 Å². The first-order valence-electron chi connectivity index (χ1n) is 5.85. The van der Waals surface area contributed by atoms with E-state index in [9.17, 15) is 4.79 Å². The first-order valence-corrected chi connectivity index (χ1v) is 7.44. The van der Waals surface area contributed by atoms with E-state index in [2.05, 4.69) is 41.9 Å². The average Bonchev–Trinajstić information content (AvgIpc) is 2.76. The number of Topliss-reactive ketones (excluding diaryl/α,β-unsaturated/α-hetero) is 1. The average molecular weight is 387 g/mol. The minimum Gasteiger partial charge on any atom is -0.294 e. The highest BCUT2D eigenvalue weighted by atomic mass is 79.9. The van der Waals surface area contributed by atoms with Gasteiger partial charge in [-0.25, -0.2) is 9.67 Å². The summed E-state index contributed by atoms with van der Waals surface area (Å²) in [4.78, 5) is 16.4. The predicted octanol–water partition coefficient (Wildman–Crippen LogP) is 3.81. The van der Waals surface area contributed by atoms with Crippen LogP contribution in [0.1, 0.15) is 36.1 Å². The lowest BCUT2D eigenvalue weighted by atomic mass is 10.1. The van der Waals surface area contributed by atoms with Crippen molar-refractivity contribution in [2.75, 3.05) is 0 Å². The zero-order valence-electron chi connectivity index (χ0n) is 10.6. The Labute approximate surface area is 128 Å². The zero-order valence-corrected chi connectivity index (χ0v) is 13.8. The fourth-order valence-corrected chi connectivity index (χ4v) is 3.05. The van der Waals surface area contributed by atoms with Crippen molar-refractivity contribution < 1.29 is 4.79 Å². The van der Waals surface area contributed by atoms with Crippen molar-refractivity contribution >= 4 is 37.6 Å². The highest BCUT2D eigenvalue weighted by molar-refractivity contribution is 9.11. The van der Waals surface area contributed by atoms with E-state index >= 15 is 0 Å². The van der Waals surface area contributed by atoms with Crippen LogP contribution in [0, 0.1) is 0 Å². The van der Waals surface area contributed by atoms with Gasteiger partial charge in [0.2, 0.25) is 0 Å². The van der Waals surface area contributed by atoms with Gasteiger partial charge in [0.25, 0.3) is 0 Å². The van der Waals surface area contributed by atoms with Gasteiger partial charge in [-0.1, -0.05) is 31.9 Å². The van der Waals surface area contributed by atoms with Crippen molar-refractivity contribution in [3.05, 3.63) is 44.9 Å². The van der Waals surface area contributed by atoms with Gasteiger partial charge in [-0.3, -0.25) is 4.79 Å². The maximum absolute atomic E-state index is 12.3. The third-order valence-corrected chi connectivity index (χ3v) is 3.84. The van der Waals surface area contributed by atoms with Crippen LogP contribution in [0.3, 0.4) is 0 Å². The molecule has 1 aromatic carbocycles. The first kappa shape index (κ1) is 14.4. The molecule has 0 saturated carbocycles. The van der Waals surface area contributed by atoms with Crippen LogP contribution in [-0.4, -0.2) is 20.5 Å². The molecule has 0 unspecified atom stereocenters. The van der Waals surface area contributed by atoms with Crippen LogP contribution in [0.15, 0.2) is 33.5 Å². The van der Waals surface area contributed by atoms with E-state index in [0.29, 0.717) is 11.4 Å². The SMILES string of the molecule is CC(C)n1ncnc1CC(=O)c1ccc(Br)cc1Br. The number of nitrogens with zero attached hydrogens (tertiary/aromatic N) is 3. The third kappa shape index (κ3) is 3.30. The van der Waals surface area contributed by atoms with Gasteiger partial charge in [-0.15, -0.1) is 0 Å². The van der Waals surface area contributed by atoms with Gasteiger partial charge in [0.1, 0.15) is 12.2 Å². The topological polar surface area (TPSA) is 47.8 Å².